The Morgan fingerprint density at radius 3 is 2.60 bits per heavy atom. The number of rotatable bonds is 7. The molecule has 5 nitrogen and oxygen atoms in total. The average Bonchev–Trinajstić information content (AvgIpc) is 2.96. The van der Waals surface area contributed by atoms with E-state index in [2.05, 4.69) is 10.3 Å². The fourth-order valence-electron chi connectivity index (χ4n) is 2.73. The standard InChI is InChI=1S/C19H27N3O2S/c1-6-11-19(4,20)18(23)22-13(3)16-12(2)21-17(25-16)14-7-9-15(24-5)10-8-14/h7-10,13H,6,11,20H2,1-5H3,(H,22,23). The number of methoxy groups -OCH3 is 1. The summed E-state index contributed by atoms with van der Waals surface area (Å²) in [5.41, 5.74) is 7.24. The van der Waals surface area contributed by atoms with Crippen molar-refractivity contribution < 1.29 is 9.53 Å². The highest BCUT2D eigenvalue weighted by molar-refractivity contribution is 7.15. The number of benzene rings is 1. The number of hydrogen-bond acceptors (Lipinski definition) is 5. The smallest absolute Gasteiger partial charge is 0.240 e. The van der Waals surface area contributed by atoms with Crippen molar-refractivity contribution in [3.8, 4) is 16.3 Å². The first-order valence-corrected chi connectivity index (χ1v) is 9.31. The SMILES string of the molecule is CCCC(C)(N)C(=O)NC(C)c1sc(-c2ccc(OC)cc2)nc1C. The Balaban J connectivity index is 2.17. The minimum Gasteiger partial charge on any atom is -0.497 e. The molecular weight excluding hydrogens is 334 g/mol. The molecule has 6 heteroatoms. The number of nitrogens with two attached hydrogens (primary N) is 1. The van der Waals surface area contributed by atoms with Gasteiger partial charge in [-0.2, -0.15) is 0 Å². The number of hydrogen-bond donors (Lipinski definition) is 2. The molecule has 1 aromatic carbocycles. The topological polar surface area (TPSA) is 77.2 Å². The van der Waals surface area contributed by atoms with E-state index in [0.29, 0.717) is 6.42 Å². The molecule has 0 saturated carbocycles. The summed E-state index contributed by atoms with van der Waals surface area (Å²) in [6, 6.07) is 7.69. The van der Waals surface area contributed by atoms with Gasteiger partial charge in [-0.3, -0.25) is 4.79 Å². The number of aryl methyl sites for hydroxylation is 1. The normalized spacial score (nSPS) is 14.6. The van der Waals surface area contributed by atoms with Crippen LogP contribution in [-0.2, 0) is 4.79 Å². The molecule has 0 aliphatic carbocycles. The first kappa shape index (κ1) is 19.4. The molecule has 0 saturated heterocycles. The summed E-state index contributed by atoms with van der Waals surface area (Å²) in [5, 5.41) is 3.96. The maximum atomic E-state index is 12.4. The van der Waals surface area contributed by atoms with Crippen molar-refractivity contribution >= 4 is 17.2 Å². The highest BCUT2D eigenvalue weighted by Gasteiger charge is 2.29. The fourth-order valence-corrected chi connectivity index (χ4v) is 3.80. The van der Waals surface area contributed by atoms with E-state index in [0.717, 1.165) is 33.3 Å². The minimum atomic E-state index is -0.847. The van der Waals surface area contributed by atoms with Gasteiger partial charge in [0.15, 0.2) is 0 Å². The first-order valence-electron chi connectivity index (χ1n) is 8.50. The summed E-state index contributed by atoms with van der Waals surface area (Å²) in [5.74, 6) is 0.691. The van der Waals surface area contributed by atoms with Gasteiger partial charge in [-0.25, -0.2) is 4.98 Å². The lowest BCUT2D eigenvalue weighted by Gasteiger charge is -2.25. The van der Waals surface area contributed by atoms with Crippen LogP contribution in [0.3, 0.4) is 0 Å². The van der Waals surface area contributed by atoms with E-state index < -0.39 is 5.54 Å². The van der Waals surface area contributed by atoms with Gasteiger partial charge in [0, 0.05) is 5.56 Å². The van der Waals surface area contributed by atoms with Crippen molar-refractivity contribution in [3.63, 3.8) is 0 Å². The van der Waals surface area contributed by atoms with Crippen LogP contribution in [-0.4, -0.2) is 23.5 Å². The summed E-state index contributed by atoms with van der Waals surface area (Å²) in [4.78, 5) is 18.1. The molecule has 0 radical (unpaired) electrons. The van der Waals surface area contributed by atoms with Crippen LogP contribution in [0, 0.1) is 6.92 Å². The summed E-state index contributed by atoms with van der Waals surface area (Å²) >= 11 is 1.59. The third-order valence-corrected chi connectivity index (χ3v) is 5.59. The summed E-state index contributed by atoms with van der Waals surface area (Å²) in [6.45, 7) is 7.74. The van der Waals surface area contributed by atoms with E-state index in [4.69, 9.17) is 10.5 Å². The van der Waals surface area contributed by atoms with Crippen LogP contribution in [0.1, 0.15) is 50.2 Å². The molecule has 0 bridgehead atoms. The predicted molar refractivity (Wildman–Crippen MR) is 103 cm³/mol. The molecular formula is C19H27N3O2S. The van der Waals surface area contributed by atoms with Crippen molar-refractivity contribution in [3.05, 3.63) is 34.8 Å². The number of nitrogens with one attached hydrogen (secondary N) is 1. The maximum absolute atomic E-state index is 12.4. The van der Waals surface area contributed by atoms with E-state index in [1.807, 2.05) is 45.0 Å². The van der Waals surface area contributed by atoms with Gasteiger partial charge in [-0.1, -0.05) is 13.3 Å². The average molecular weight is 362 g/mol. The number of thiazole rings is 1. The molecule has 2 aromatic rings. The number of nitrogens with zero attached hydrogens (tertiary/aromatic N) is 1. The molecule has 0 aliphatic rings. The number of ether oxygens (including phenoxy) is 1. The van der Waals surface area contributed by atoms with Gasteiger partial charge in [0.2, 0.25) is 5.91 Å². The summed E-state index contributed by atoms with van der Waals surface area (Å²) in [7, 11) is 1.65. The largest absolute Gasteiger partial charge is 0.497 e. The Morgan fingerprint density at radius 1 is 1.40 bits per heavy atom. The number of amides is 1. The number of carbonyl (C=O) groups excluding carboxylic acids is 1. The van der Waals surface area contributed by atoms with Crippen LogP contribution in [0.15, 0.2) is 24.3 Å². The van der Waals surface area contributed by atoms with Gasteiger partial charge < -0.3 is 15.8 Å². The van der Waals surface area contributed by atoms with Crippen LogP contribution >= 0.6 is 11.3 Å². The van der Waals surface area contributed by atoms with Gasteiger partial charge in [-0.05, 0) is 51.5 Å². The molecule has 2 rings (SSSR count). The number of aromatic nitrogens is 1. The van der Waals surface area contributed by atoms with Crippen LogP contribution in [0.5, 0.6) is 5.75 Å². The molecule has 1 aromatic heterocycles. The minimum absolute atomic E-state index is 0.124. The Hall–Kier alpha value is -1.92. The van der Waals surface area contributed by atoms with Crippen molar-refractivity contribution in [2.45, 2.75) is 52.1 Å². The first-order chi connectivity index (χ1) is 11.8. The van der Waals surface area contributed by atoms with Gasteiger partial charge in [0.05, 0.1) is 29.3 Å². The van der Waals surface area contributed by atoms with E-state index >= 15 is 0 Å². The highest BCUT2D eigenvalue weighted by atomic mass is 32.1. The van der Waals surface area contributed by atoms with Crippen LogP contribution in [0.25, 0.3) is 10.6 Å². The molecule has 0 spiro atoms. The van der Waals surface area contributed by atoms with Crippen molar-refractivity contribution in [1.82, 2.24) is 10.3 Å². The molecule has 3 N–H and O–H groups in total. The predicted octanol–water partition coefficient (Wildman–Crippen LogP) is 3.82. The van der Waals surface area contributed by atoms with Gasteiger partial charge in [0.25, 0.3) is 0 Å². The second kappa shape index (κ2) is 7.97. The van der Waals surface area contributed by atoms with Crippen molar-refractivity contribution in [1.29, 1.82) is 0 Å². The lowest BCUT2D eigenvalue weighted by Crippen LogP contribution is -2.51. The molecule has 0 fully saturated rings. The van der Waals surface area contributed by atoms with Crippen molar-refractivity contribution in [2.75, 3.05) is 7.11 Å². The zero-order valence-electron chi connectivity index (χ0n) is 15.6. The molecule has 1 amide bonds. The third kappa shape index (κ3) is 4.58. The fraction of sp³-hybridized carbons (Fsp3) is 0.474. The Morgan fingerprint density at radius 2 is 2.04 bits per heavy atom. The van der Waals surface area contributed by atoms with Crippen LogP contribution in [0.4, 0.5) is 0 Å². The third-order valence-electron chi connectivity index (χ3n) is 4.20. The molecule has 2 atom stereocenters. The quantitative estimate of drug-likeness (QED) is 0.786. The molecule has 1 heterocycles. The van der Waals surface area contributed by atoms with Gasteiger partial charge >= 0.3 is 0 Å². The van der Waals surface area contributed by atoms with Crippen LogP contribution < -0.4 is 15.8 Å². The molecule has 25 heavy (non-hydrogen) atoms. The van der Waals surface area contributed by atoms with E-state index in [1.165, 1.54) is 0 Å². The zero-order valence-corrected chi connectivity index (χ0v) is 16.4. The lowest BCUT2D eigenvalue weighted by molar-refractivity contribution is -0.126. The molecule has 0 aliphatic heterocycles. The second-order valence-electron chi connectivity index (χ2n) is 6.56. The maximum Gasteiger partial charge on any atom is 0.240 e. The van der Waals surface area contributed by atoms with E-state index in [-0.39, 0.29) is 11.9 Å². The summed E-state index contributed by atoms with van der Waals surface area (Å²) < 4.78 is 5.19. The van der Waals surface area contributed by atoms with Gasteiger partial charge in [-0.15, -0.1) is 11.3 Å². The molecule has 136 valence electrons. The second-order valence-corrected chi connectivity index (χ2v) is 7.59. The van der Waals surface area contributed by atoms with Gasteiger partial charge in [0.1, 0.15) is 10.8 Å². The van der Waals surface area contributed by atoms with Crippen LogP contribution in [0.2, 0.25) is 0 Å². The number of carbonyl (C=O) groups is 1. The monoisotopic (exact) mass is 361 g/mol. The lowest BCUT2D eigenvalue weighted by atomic mass is 9.96. The Bertz CT molecular complexity index is 723. The summed E-state index contributed by atoms with van der Waals surface area (Å²) in [6.07, 6.45) is 1.53. The van der Waals surface area contributed by atoms with E-state index in [1.54, 1.807) is 25.4 Å². The molecule has 2 unspecified atom stereocenters. The highest BCUT2D eigenvalue weighted by Crippen LogP contribution is 2.32. The van der Waals surface area contributed by atoms with Crippen molar-refractivity contribution in [2.24, 2.45) is 5.73 Å². The zero-order chi connectivity index (χ0) is 18.6. The Labute approximate surface area is 153 Å². The Kier molecular flexibility index (Phi) is 6.19. The van der Waals surface area contributed by atoms with E-state index in [9.17, 15) is 4.79 Å².